The van der Waals surface area contributed by atoms with Crippen LogP contribution in [0.5, 0.6) is 0 Å². The van der Waals surface area contributed by atoms with Gasteiger partial charge in [0.15, 0.2) is 0 Å². The molecule has 1 rings (SSSR count). The van der Waals surface area contributed by atoms with Gasteiger partial charge in [-0.15, -0.1) is 0 Å². The Hall–Kier alpha value is -1.01. The van der Waals surface area contributed by atoms with Gasteiger partial charge < -0.3 is 9.67 Å². The third-order valence-electron chi connectivity index (χ3n) is 1.93. The molecule has 0 spiro atoms. The van der Waals surface area contributed by atoms with Crippen LogP contribution in [0.2, 0.25) is 5.02 Å². The van der Waals surface area contributed by atoms with E-state index in [1.54, 1.807) is 0 Å². The van der Waals surface area contributed by atoms with E-state index in [1.807, 2.05) is 0 Å². The first-order valence-corrected chi connectivity index (χ1v) is 5.08. The molecular formula is C10H11ClF3NO2. The second kappa shape index (κ2) is 4.34. The van der Waals surface area contributed by atoms with Crippen LogP contribution in [0.25, 0.3) is 0 Å². The van der Waals surface area contributed by atoms with E-state index in [9.17, 15) is 23.1 Å². The molecule has 3 nitrogen and oxygen atoms in total. The molecule has 7 heteroatoms. The van der Waals surface area contributed by atoms with Gasteiger partial charge in [-0.2, -0.15) is 13.2 Å². The highest BCUT2D eigenvalue weighted by atomic mass is 35.5. The summed E-state index contributed by atoms with van der Waals surface area (Å²) in [5, 5.41) is 8.97. The standard InChI is InChI=1S/C10H11ClF3NO2/c1-9(2,17)5-15-4-6(10(12,13)14)3-7(11)8(15)16/h3-4,17H,5H2,1-2H3. The Morgan fingerprint density at radius 1 is 1.41 bits per heavy atom. The molecule has 0 aliphatic heterocycles. The molecule has 0 unspecified atom stereocenters. The number of hydrogen-bond donors (Lipinski definition) is 1. The highest BCUT2D eigenvalue weighted by Crippen LogP contribution is 2.29. The fourth-order valence-electron chi connectivity index (χ4n) is 1.29. The topological polar surface area (TPSA) is 42.2 Å². The van der Waals surface area contributed by atoms with E-state index in [0.29, 0.717) is 12.3 Å². The predicted octanol–water partition coefficient (Wildman–Crippen LogP) is 2.29. The number of aliphatic hydroxyl groups is 1. The van der Waals surface area contributed by atoms with Crippen molar-refractivity contribution in [2.24, 2.45) is 0 Å². The molecule has 96 valence electrons. The minimum atomic E-state index is -4.58. The van der Waals surface area contributed by atoms with Gasteiger partial charge in [0, 0.05) is 6.20 Å². The van der Waals surface area contributed by atoms with Crippen LogP contribution in [0.4, 0.5) is 13.2 Å². The number of nitrogens with zero attached hydrogens (tertiary/aromatic N) is 1. The van der Waals surface area contributed by atoms with Gasteiger partial charge in [0.2, 0.25) is 0 Å². The van der Waals surface area contributed by atoms with Crippen LogP contribution in [0.3, 0.4) is 0 Å². The minimum absolute atomic E-state index is 0.268. The summed E-state index contributed by atoms with van der Waals surface area (Å²) >= 11 is 5.44. The number of pyridine rings is 1. The Morgan fingerprint density at radius 2 is 1.94 bits per heavy atom. The molecule has 0 aliphatic rings. The van der Waals surface area contributed by atoms with Crippen molar-refractivity contribution in [3.63, 3.8) is 0 Å². The number of alkyl halides is 3. The molecule has 0 saturated heterocycles. The van der Waals surface area contributed by atoms with E-state index >= 15 is 0 Å². The Morgan fingerprint density at radius 3 is 2.35 bits per heavy atom. The van der Waals surface area contributed by atoms with Gasteiger partial charge in [-0.1, -0.05) is 11.6 Å². The van der Waals surface area contributed by atoms with Gasteiger partial charge in [-0.05, 0) is 19.9 Å². The third-order valence-corrected chi connectivity index (χ3v) is 2.20. The summed E-state index contributed by atoms with van der Waals surface area (Å²) in [5.74, 6) is 0. The summed E-state index contributed by atoms with van der Waals surface area (Å²) in [6.07, 6.45) is -3.94. The summed E-state index contributed by atoms with van der Waals surface area (Å²) < 4.78 is 38.2. The molecule has 1 aromatic rings. The van der Waals surface area contributed by atoms with E-state index in [4.69, 9.17) is 11.6 Å². The maximum Gasteiger partial charge on any atom is 0.417 e. The molecule has 17 heavy (non-hydrogen) atoms. The van der Waals surface area contributed by atoms with Crippen LogP contribution >= 0.6 is 11.6 Å². The maximum absolute atomic E-state index is 12.5. The highest BCUT2D eigenvalue weighted by molar-refractivity contribution is 6.30. The summed E-state index contributed by atoms with van der Waals surface area (Å²) in [6, 6.07) is 0.574. The van der Waals surface area contributed by atoms with Crippen LogP contribution in [0.1, 0.15) is 19.4 Å². The van der Waals surface area contributed by atoms with Crippen molar-refractivity contribution in [2.45, 2.75) is 32.2 Å². The zero-order valence-corrected chi connectivity index (χ0v) is 9.93. The van der Waals surface area contributed by atoms with Crippen molar-refractivity contribution in [3.05, 3.63) is 33.2 Å². The first-order chi connectivity index (χ1) is 7.50. The van der Waals surface area contributed by atoms with E-state index < -0.39 is 27.9 Å². The van der Waals surface area contributed by atoms with Gasteiger partial charge in [-0.25, -0.2) is 0 Å². The zero-order chi connectivity index (χ0) is 13.4. The number of aromatic nitrogens is 1. The molecule has 0 saturated carbocycles. The Kier molecular flexibility index (Phi) is 3.59. The quantitative estimate of drug-likeness (QED) is 0.895. The van der Waals surface area contributed by atoms with Crippen LogP contribution in [0, 0.1) is 0 Å². The molecule has 1 heterocycles. The van der Waals surface area contributed by atoms with Crippen LogP contribution in [0.15, 0.2) is 17.1 Å². The van der Waals surface area contributed by atoms with Crippen molar-refractivity contribution in [2.75, 3.05) is 0 Å². The molecule has 0 amide bonds. The van der Waals surface area contributed by atoms with Gasteiger partial charge in [0.25, 0.3) is 5.56 Å². The van der Waals surface area contributed by atoms with Crippen molar-refractivity contribution >= 4 is 11.6 Å². The summed E-state index contributed by atoms with van der Waals surface area (Å²) in [7, 11) is 0. The fourth-order valence-corrected chi connectivity index (χ4v) is 1.51. The Balaban J connectivity index is 3.31. The first kappa shape index (κ1) is 14.1. The first-order valence-electron chi connectivity index (χ1n) is 4.70. The molecule has 0 fully saturated rings. The van der Waals surface area contributed by atoms with Crippen molar-refractivity contribution in [1.29, 1.82) is 0 Å². The predicted molar refractivity (Wildman–Crippen MR) is 57.0 cm³/mol. The summed E-state index contributed by atoms with van der Waals surface area (Å²) in [5.41, 5.74) is -3.09. The smallest absolute Gasteiger partial charge is 0.389 e. The minimum Gasteiger partial charge on any atom is -0.389 e. The van der Waals surface area contributed by atoms with Gasteiger partial charge in [0.05, 0.1) is 17.7 Å². The molecular weight excluding hydrogens is 259 g/mol. The molecule has 0 bridgehead atoms. The fraction of sp³-hybridized carbons (Fsp3) is 0.500. The molecule has 0 atom stereocenters. The lowest BCUT2D eigenvalue weighted by Gasteiger charge is -2.20. The maximum atomic E-state index is 12.5. The van der Waals surface area contributed by atoms with Gasteiger partial charge >= 0.3 is 6.18 Å². The van der Waals surface area contributed by atoms with E-state index in [-0.39, 0.29) is 6.54 Å². The highest BCUT2D eigenvalue weighted by Gasteiger charge is 2.32. The van der Waals surface area contributed by atoms with Crippen molar-refractivity contribution in [3.8, 4) is 0 Å². The van der Waals surface area contributed by atoms with Gasteiger partial charge in [0.1, 0.15) is 5.02 Å². The number of halogens is 4. The molecule has 0 radical (unpaired) electrons. The average Bonchev–Trinajstić information content (AvgIpc) is 2.08. The Bertz CT molecular complexity index is 474. The normalized spacial score (nSPS) is 12.9. The lowest BCUT2D eigenvalue weighted by molar-refractivity contribution is -0.138. The second-order valence-corrected chi connectivity index (χ2v) is 4.73. The Labute approximate surface area is 100 Å². The zero-order valence-electron chi connectivity index (χ0n) is 9.18. The van der Waals surface area contributed by atoms with Gasteiger partial charge in [-0.3, -0.25) is 4.79 Å². The van der Waals surface area contributed by atoms with E-state index in [2.05, 4.69) is 0 Å². The SMILES string of the molecule is CC(C)(O)Cn1cc(C(F)(F)F)cc(Cl)c1=O. The average molecular weight is 270 g/mol. The van der Waals surface area contributed by atoms with Crippen LogP contribution < -0.4 is 5.56 Å². The number of rotatable bonds is 2. The van der Waals surface area contributed by atoms with Crippen LogP contribution in [-0.4, -0.2) is 15.3 Å². The van der Waals surface area contributed by atoms with E-state index in [0.717, 1.165) is 4.57 Å². The molecule has 0 aromatic carbocycles. The second-order valence-electron chi connectivity index (χ2n) is 4.32. The molecule has 1 N–H and O–H groups in total. The summed E-state index contributed by atoms with van der Waals surface area (Å²) in [6.45, 7) is 2.50. The lowest BCUT2D eigenvalue weighted by atomic mass is 10.1. The van der Waals surface area contributed by atoms with Crippen LogP contribution in [-0.2, 0) is 12.7 Å². The van der Waals surface area contributed by atoms with E-state index in [1.165, 1.54) is 13.8 Å². The lowest BCUT2D eigenvalue weighted by Crippen LogP contribution is -2.33. The van der Waals surface area contributed by atoms with Crippen molar-refractivity contribution in [1.82, 2.24) is 4.57 Å². The molecule has 0 aliphatic carbocycles. The largest absolute Gasteiger partial charge is 0.417 e. The third kappa shape index (κ3) is 3.74. The van der Waals surface area contributed by atoms with Crippen molar-refractivity contribution < 1.29 is 18.3 Å². The number of hydrogen-bond acceptors (Lipinski definition) is 2. The monoisotopic (exact) mass is 269 g/mol. The summed E-state index contributed by atoms with van der Waals surface area (Å²) in [4.78, 5) is 11.5. The molecule has 1 aromatic heterocycles.